The van der Waals surface area contributed by atoms with Gasteiger partial charge in [-0.2, -0.15) is 4.98 Å². The predicted molar refractivity (Wildman–Crippen MR) is 132 cm³/mol. The Labute approximate surface area is 201 Å². The molecule has 3 aromatic rings. The van der Waals surface area contributed by atoms with Gasteiger partial charge in [-0.3, -0.25) is 4.79 Å². The molecule has 0 radical (unpaired) electrons. The SMILES string of the molecule is CCCSc1nc2n(n1)C(c1ccc(Cl)cc1Cl)C(C(=O)Nc1ccc(C)cc1)=C(C)N2. The van der Waals surface area contributed by atoms with Gasteiger partial charge in [0, 0.05) is 32.7 Å². The van der Waals surface area contributed by atoms with Crippen LogP contribution in [-0.2, 0) is 4.79 Å². The largest absolute Gasteiger partial charge is 0.328 e. The van der Waals surface area contributed by atoms with Crippen LogP contribution in [0.5, 0.6) is 0 Å². The molecule has 0 spiro atoms. The van der Waals surface area contributed by atoms with E-state index in [0.717, 1.165) is 23.3 Å². The Kier molecular flexibility index (Phi) is 6.79. The number of carbonyl (C=O) groups is 1. The molecule has 4 rings (SSSR count). The number of halogens is 2. The molecule has 2 heterocycles. The number of carbonyl (C=O) groups excluding carboxylic acids is 1. The highest BCUT2D eigenvalue weighted by atomic mass is 35.5. The average Bonchev–Trinajstić information content (AvgIpc) is 3.15. The third-order valence-electron chi connectivity index (χ3n) is 5.08. The van der Waals surface area contributed by atoms with Gasteiger partial charge < -0.3 is 10.6 Å². The number of nitrogens with one attached hydrogen (secondary N) is 2. The summed E-state index contributed by atoms with van der Waals surface area (Å²) in [5, 5.41) is 12.6. The summed E-state index contributed by atoms with van der Waals surface area (Å²) in [4.78, 5) is 18.1. The molecule has 1 atom stereocenters. The van der Waals surface area contributed by atoms with E-state index in [2.05, 4.69) is 22.5 Å². The molecule has 0 fully saturated rings. The highest BCUT2D eigenvalue weighted by Crippen LogP contribution is 2.40. The van der Waals surface area contributed by atoms with E-state index in [1.54, 1.807) is 28.6 Å². The zero-order chi connectivity index (χ0) is 22.8. The molecule has 6 nitrogen and oxygen atoms in total. The summed E-state index contributed by atoms with van der Waals surface area (Å²) in [7, 11) is 0. The zero-order valence-corrected chi connectivity index (χ0v) is 20.3. The number of allylic oxidation sites excluding steroid dienone is 1. The minimum absolute atomic E-state index is 0.237. The van der Waals surface area contributed by atoms with Gasteiger partial charge in [0.15, 0.2) is 0 Å². The number of hydrogen-bond donors (Lipinski definition) is 2. The molecule has 1 amide bonds. The average molecular weight is 488 g/mol. The zero-order valence-electron chi connectivity index (χ0n) is 17.9. The quantitative estimate of drug-likeness (QED) is 0.397. The summed E-state index contributed by atoms with van der Waals surface area (Å²) in [6, 6.07) is 12.4. The summed E-state index contributed by atoms with van der Waals surface area (Å²) < 4.78 is 1.73. The summed E-state index contributed by atoms with van der Waals surface area (Å²) in [5.74, 6) is 1.24. The van der Waals surface area contributed by atoms with Gasteiger partial charge in [-0.15, -0.1) is 5.10 Å². The van der Waals surface area contributed by atoms with Crippen molar-refractivity contribution in [2.75, 3.05) is 16.4 Å². The molecule has 0 saturated carbocycles. The fourth-order valence-corrected chi connectivity index (χ4v) is 4.72. The Morgan fingerprint density at radius 1 is 1.19 bits per heavy atom. The van der Waals surface area contributed by atoms with Crippen LogP contribution in [0, 0.1) is 6.92 Å². The first kappa shape index (κ1) is 22.7. The third kappa shape index (κ3) is 4.65. The van der Waals surface area contributed by atoms with E-state index in [9.17, 15) is 4.79 Å². The summed E-state index contributed by atoms with van der Waals surface area (Å²) in [5.41, 5.74) is 3.76. The molecule has 1 aliphatic rings. The highest BCUT2D eigenvalue weighted by molar-refractivity contribution is 7.99. The number of rotatable bonds is 6. The van der Waals surface area contributed by atoms with Crippen LogP contribution in [0.25, 0.3) is 0 Å². The van der Waals surface area contributed by atoms with Crippen LogP contribution in [0.1, 0.15) is 37.4 Å². The number of anilines is 2. The number of thioether (sulfide) groups is 1. The molecule has 1 unspecified atom stereocenters. The Morgan fingerprint density at radius 3 is 2.62 bits per heavy atom. The number of nitrogens with zero attached hydrogens (tertiary/aromatic N) is 3. The fraction of sp³-hybridized carbons (Fsp3) is 0.261. The van der Waals surface area contributed by atoms with Crippen LogP contribution in [-0.4, -0.2) is 26.4 Å². The smallest absolute Gasteiger partial charge is 0.255 e. The number of amides is 1. The van der Waals surface area contributed by atoms with E-state index in [4.69, 9.17) is 28.3 Å². The molecule has 2 N–H and O–H groups in total. The molecule has 32 heavy (non-hydrogen) atoms. The first-order valence-corrected chi connectivity index (χ1v) is 12.0. The van der Waals surface area contributed by atoms with Crippen LogP contribution in [0.4, 0.5) is 11.6 Å². The lowest BCUT2D eigenvalue weighted by Gasteiger charge is -2.29. The molecule has 2 aromatic carbocycles. The standard InChI is InChI=1S/C23H23Cl2N5OS/c1-4-11-32-23-28-22-26-14(3)19(21(31)27-16-8-5-13(2)6-9-16)20(30(22)29-23)17-10-7-15(24)12-18(17)25/h5-10,12,20H,4,11H2,1-3H3,(H,27,31)(H,26,28,29). The molecular formula is C23H23Cl2N5OS. The van der Waals surface area contributed by atoms with E-state index in [1.165, 1.54) is 0 Å². The van der Waals surface area contributed by atoms with Crippen molar-refractivity contribution in [3.63, 3.8) is 0 Å². The monoisotopic (exact) mass is 487 g/mol. The minimum Gasteiger partial charge on any atom is -0.328 e. The van der Waals surface area contributed by atoms with Crippen LogP contribution in [0.3, 0.4) is 0 Å². The van der Waals surface area contributed by atoms with Gasteiger partial charge in [-0.1, -0.05) is 65.7 Å². The van der Waals surface area contributed by atoms with Gasteiger partial charge in [-0.25, -0.2) is 4.68 Å². The molecule has 166 valence electrons. The second-order valence-corrected chi connectivity index (χ2v) is 9.47. The molecule has 1 aromatic heterocycles. The summed E-state index contributed by atoms with van der Waals surface area (Å²) in [6.07, 6.45) is 1.01. The van der Waals surface area contributed by atoms with Gasteiger partial charge >= 0.3 is 0 Å². The van der Waals surface area contributed by atoms with E-state index in [0.29, 0.717) is 38.1 Å². The summed E-state index contributed by atoms with van der Waals surface area (Å²) >= 11 is 14.3. The molecular weight excluding hydrogens is 465 g/mol. The van der Waals surface area contributed by atoms with E-state index in [-0.39, 0.29) is 5.91 Å². The van der Waals surface area contributed by atoms with Crippen LogP contribution in [0.15, 0.2) is 58.9 Å². The lowest BCUT2D eigenvalue weighted by molar-refractivity contribution is -0.113. The van der Waals surface area contributed by atoms with Crippen molar-refractivity contribution in [1.29, 1.82) is 0 Å². The Hall–Kier alpha value is -2.48. The minimum atomic E-state index is -0.551. The van der Waals surface area contributed by atoms with Gasteiger partial charge in [0.05, 0.1) is 5.57 Å². The van der Waals surface area contributed by atoms with Crippen molar-refractivity contribution < 1.29 is 4.79 Å². The summed E-state index contributed by atoms with van der Waals surface area (Å²) in [6.45, 7) is 5.97. The Balaban J connectivity index is 1.78. The van der Waals surface area contributed by atoms with Crippen molar-refractivity contribution >= 4 is 52.5 Å². The van der Waals surface area contributed by atoms with Crippen molar-refractivity contribution in [3.8, 4) is 0 Å². The number of aromatic nitrogens is 3. The first-order valence-electron chi connectivity index (χ1n) is 10.3. The maximum Gasteiger partial charge on any atom is 0.255 e. The van der Waals surface area contributed by atoms with Crippen LogP contribution in [0.2, 0.25) is 10.0 Å². The van der Waals surface area contributed by atoms with E-state index in [1.807, 2.05) is 44.2 Å². The van der Waals surface area contributed by atoms with E-state index >= 15 is 0 Å². The molecule has 9 heteroatoms. The van der Waals surface area contributed by atoms with Gasteiger partial charge in [-0.05, 0) is 44.5 Å². The second-order valence-electron chi connectivity index (χ2n) is 7.56. The van der Waals surface area contributed by atoms with Crippen LogP contribution < -0.4 is 10.6 Å². The third-order valence-corrected chi connectivity index (χ3v) is 6.69. The van der Waals surface area contributed by atoms with Crippen LogP contribution >= 0.6 is 35.0 Å². The van der Waals surface area contributed by atoms with Crippen molar-refractivity contribution in [3.05, 3.63) is 74.9 Å². The number of benzene rings is 2. The number of aryl methyl sites for hydroxylation is 1. The van der Waals surface area contributed by atoms with Gasteiger partial charge in [0.2, 0.25) is 11.1 Å². The highest BCUT2D eigenvalue weighted by Gasteiger charge is 2.35. The molecule has 0 saturated heterocycles. The van der Waals surface area contributed by atoms with E-state index < -0.39 is 6.04 Å². The Morgan fingerprint density at radius 2 is 1.94 bits per heavy atom. The molecule has 0 bridgehead atoms. The maximum absolute atomic E-state index is 13.5. The lowest BCUT2D eigenvalue weighted by Crippen LogP contribution is -2.31. The first-order chi connectivity index (χ1) is 15.4. The normalized spacial score (nSPS) is 15.3. The second kappa shape index (κ2) is 9.57. The number of fused-ring (bicyclic) bond motifs is 1. The maximum atomic E-state index is 13.5. The van der Waals surface area contributed by atoms with Gasteiger partial charge in [0.25, 0.3) is 5.91 Å². The van der Waals surface area contributed by atoms with Crippen molar-refractivity contribution in [2.24, 2.45) is 0 Å². The topological polar surface area (TPSA) is 71.8 Å². The Bertz CT molecular complexity index is 1190. The van der Waals surface area contributed by atoms with Gasteiger partial charge in [0.1, 0.15) is 6.04 Å². The molecule has 0 aliphatic carbocycles. The fourth-order valence-electron chi connectivity index (χ4n) is 3.53. The predicted octanol–water partition coefficient (Wildman–Crippen LogP) is 6.32. The lowest BCUT2D eigenvalue weighted by atomic mass is 9.95. The molecule has 1 aliphatic heterocycles. The van der Waals surface area contributed by atoms with Crippen molar-refractivity contribution in [1.82, 2.24) is 14.8 Å². The van der Waals surface area contributed by atoms with Crippen molar-refractivity contribution in [2.45, 2.75) is 38.4 Å². The number of hydrogen-bond acceptors (Lipinski definition) is 5.